The Morgan fingerprint density at radius 3 is 2.64 bits per heavy atom. The van der Waals surface area contributed by atoms with Gasteiger partial charge in [0.1, 0.15) is 12.1 Å². The Morgan fingerprint density at radius 2 is 2.04 bits per heavy atom. The first-order chi connectivity index (χ1) is 11.7. The number of piperazine rings is 1. The van der Waals surface area contributed by atoms with Crippen LogP contribution in [0.1, 0.15) is 32.8 Å². The Morgan fingerprint density at radius 1 is 1.36 bits per heavy atom. The minimum absolute atomic E-state index is 0.0720. The van der Waals surface area contributed by atoms with E-state index in [2.05, 4.69) is 0 Å². The lowest BCUT2D eigenvalue weighted by molar-refractivity contribution is -0.900. The van der Waals surface area contributed by atoms with Crippen molar-refractivity contribution in [2.45, 2.75) is 45.4 Å². The average Bonchev–Trinajstić information content (AvgIpc) is 2.52. The summed E-state index contributed by atoms with van der Waals surface area (Å²) >= 11 is 1.74. The smallest absolute Gasteiger partial charge is 0.410 e. The molecule has 1 aromatic carbocycles. The maximum atomic E-state index is 13.3. The van der Waals surface area contributed by atoms with Gasteiger partial charge < -0.3 is 14.6 Å². The number of carbonyl (C=O) groups excluding carboxylic acids is 1. The quantitative estimate of drug-likeness (QED) is 0.586. The van der Waals surface area contributed by atoms with Gasteiger partial charge in [0.2, 0.25) is 0 Å². The van der Waals surface area contributed by atoms with Gasteiger partial charge >= 0.3 is 6.09 Å². The van der Waals surface area contributed by atoms with Gasteiger partial charge in [0.05, 0.1) is 25.7 Å². The van der Waals surface area contributed by atoms with Crippen LogP contribution in [0.4, 0.5) is 4.79 Å². The zero-order valence-corrected chi connectivity index (χ0v) is 16.6. The zero-order chi connectivity index (χ0) is 18.5. The third-order valence-electron chi connectivity index (χ3n) is 4.33. The molecule has 1 fully saturated rings. The van der Waals surface area contributed by atoms with Crippen LogP contribution in [0.5, 0.6) is 0 Å². The van der Waals surface area contributed by atoms with Crippen molar-refractivity contribution >= 4 is 17.9 Å². The number of ether oxygens (including phenoxy) is 1. The van der Waals surface area contributed by atoms with Crippen LogP contribution >= 0.6 is 11.8 Å². The lowest BCUT2D eigenvalue weighted by atomic mass is 10.1. The summed E-state index contributed by atoms with van der Waals surface area (Å²) in [5.74, 6) is 0.926. The minimum Gasteiger partial charge on any atom is -0.632 e. The summed E-state index contributed by atoms with van der Waals surface area (Å²) in [5.41, 5.74) is 0.526. The third-order valence-corrected chi connectivity index (χ3v) is 4.97. The standard InChI is InChI=1S/C19H30N2O3S/c1-19(2,3)24-18(22)20-11-12-21(23,15-17(20)10-13-25-4)14-16-8-6-5-7-9-16/h5-9,17H,10-15H2,1-4H3. The Labute approximate surface area is 155 Å². The molecule has 0 N–H and O–H groups in total. The lowest BCUT2D eigenvalue weighted by Gasteiger charge is -2.51. The number of hydrogen-bond donors (Lipinski definition) is 0. The summed E-state index contributed by atoms with van der Waals surface area (Å²) in [7, 11) is 0. The molecular formula is C19H30N2O3S. The largest absolute Gasteiger partial charge is 0.632 e. The van der Waals surface area contributed by atoms with Crippen molar-refractivity contribution in [3.05, 3.63) is 41.1 Å². The van der Waals surface area contributed by atoms with Crippen molar-refractivity contribution < 1.29 is 14.2 Å². The fourth-order valence-corrected chi connectivity index (χ4v) is 3.68. The van der Waals surface area contributed by atoms with E-state index in [1.807, 2.05) is 57.4 Å². The van der Waals surface area contributed by atoms with Crippen LogP contribution in [0.3, 0.4) is 0 Å². The Balaban J connectivity index is 2.09. The van der Waals surface area contributed by atoms with Gasteiger partial charge in [0, 0.05) is 5.56 Å². The van der Waals surface area contributed by atoms with E-state index < -0.39 is 5.60 Å². The molecule has 0 aliphatic carbocycles. The molecule has 2 atom stereocenters. The minimum atomic E-state index is -0.522. The number of hydrogen-bond acceptors (Lipinski definition) is 4. The van der Waals surface area contributed by atoms with Gasteiger partial charge in [-0.05, 0) is 39.2 Å². The first-order valence-corrected chi connectivity index (χ1v) is 10.2. The number of nitrogens with zero attached hydrogens (tertiary/aromatic N) is 2. The molecule has 1 amide bonds. The summed E-state index contributed by atoms with van der Waals surface area (Å²) < 4.78 is 5.27. The summed E-state index contributed by atoms with van der Waals surface area (Å²) in [6.45, 7) is 7.35. The normalized spacial score (nSPS) is 24.2. The number of amides is 1. The molecule has 2 rings (SSSR count). The van der Waals surface area contributed by atoms with Gasteiger partial charge in [-0.1, -0.05) is 30.3 Å². The van der Waals surface area contributed by atoms with Crippen molar-refractivity contribution in [3.63, 3.8) is 0 Å². The number of hydroxylamine groups is 3. The van der Waals surface area contributed by atoms with E-state index in [4.69, 9.17) is 4.74 Å². The van der Waals surface area contributed by atoms with Crippen LogP contribution in [0, 0.1) is 5.21 Å². The molecule has 0 bridgehead atoms. The SMILES string of the molecule is CSCCC1C[N+]([O-])(Cc2ccccc2)CCN1C(=O)OC(C)(C)C. The van der Waals surface area contributed by atoms with E-state index in [1.165, 1.54) is 0 Å². The lowest BCUT2D eigenvalue weighted by Crippen LogP contribution is -2.62. The average molecular weight is 367 g/mol. The fourth-order valence-electron chi connectivity index (χ4n) is 3.17. The van der Waals surface area contributed by atoms with Crippen LogP contribution in [0.2, 0.25) is 0 Å². The number of thioether (sulfide) groups is 1. The van der Waals surface area contributed by atoms with E-state index in [0.717, 1.165) is 17.7 Å². The highest BCUT2D eigenvalue weighted by Gasteiger charge is 2.38. The first-order valence-electron chi connectivity index (χ1n) is 8.82. The second-order valence-electron chi connectivity index (χ2n) is 7.72. The van der Waals surface area contributed by atoms with Crippen LogP contribution in [0.25, 0.3) is 0 Å². The van der Waals surface area contributed by atoms with Gasteiger partial charge in [-0.25, -0.2) is 4.79 Å². The highest BCUT2D eigenvalue weighted by Crippen LogP contribution is 2.25. The maximum Gasteiger partial charge on any atom is 0.410 e. The molecule has 1 heterocycles. The summed E-state index contributed by atoms with van der Waals surface area (Å²) in [5, 5.41) is 13.3. The molecule has 25 heavy (non-hydrogen) atoms. The van der Waals surface area contributed by atoms with E-state index in [1.54, 1.807) is 16.7 Å². The van der Waals surface area contributed by atoms with Gasteiger partial charge in [-0.15, -0.1) is 0 Å². The molecule has 140 valence electrons. The van der Waals surface area contributed by atoms with Gasteiger partial charge in [-0.2, -0.15) is 11.8 Å². The van der Waals surface area contributed by atoms with Gasteiger partial charge in [0.15, 0.2) is 0 Å². The highest BCUT2D eigenvalue weighted by molar-refractivity contribution is 7.98. The second kappa shape index (κ2) is 8.43. The third kappa shape index (κ3) is 6.20. The van der Waals surface area contributed by atoms with E-state index in [0.29, 0.717) is 26.2 Å². The van der Waals surface area contributed by atoms with E-state index in [-0.39, 0.29) is 16.8 Å². The van der Waals surface area contributed by atoms with Crippen molar-refractivity contribution in [1.29, 1.82) is 0 Å². The number of benzene rings is 1. The molecule has 2 unspecified atom stereocenters. The summed E-state index contributed by atoms with van der Waals surface area (Å²) in [6.07, 6.45) is 2.56. The van der Waals surface area contributed by atoms with Crippen LogP contribution in [0.15, 0.2) is 30.3 Å². The van der Waals surface area contributed by atoms with Crippen LogP contribution in [-0.4, -0.2) is 58.9 Å². The molecule has 0 saturated carbocycles. The first kappa shape index (κ1) is 20.1. The zero-order valence-electron chi connectivity index (χ0n) is 15.7. The molecule has 0 spiro atoms. The Kier molecular flexibility index (Phi) is 6.77. The van der Waals surface area contributed by atoms with Crippen molar-refractivity contribution in [1.82, 2.24) is 4.90 Å². The van der Waals surface area contributed by atoms with Gasteiger partial charge in [-0.3, -0.25) is 4.90 Å². The van der Waals surface area contributed by atoms with E-state index >= 15 is 0 Å². The number of carbonyl (C=O) groups is 1. The number of rotatable bonds is 5. The topological polar surface area (TPSA) is 52.6 Å². The molecule has 0 radical (unpaired) electrons. The predicted molar refractivity (Wildman–Crippen MR) is 103 cm³/mol. The molecule has 5 nitrogen and oxygen atoms in total. The molecule has 1 aliphatic heterocycles. The molecule has 1 aliphatic rings. The molecule has 1 aromatic rings. The Hall–Kier alpha value is -1.24. The van der Waals surface area contributed by atoms with Crippen molar-refractivity contribution in [3.8, 4) is 0 Å². The predicted octanol–water partition coefficient (Wildman–Crippen LogP) is 3.87. The van der Waals surface area contributed by atoms with Crippen molar-refractivity contribution in [2.75, 3.05) is 31.6 Å². The molecule has 6 heteroatoms. The summed E-state index contributed by atoms with van der Waals surface area (Å²) in [4.78, 5) is 14.3. The van der Waals surface area contributed by atoms with E-state index in [9.17, 15) is 10.0 Å². The monoisotopic (exact) mass is 366 g/mol. The van der Waals surface area contributed by atoms with Crippen LogP contribution < -0.4 is 0 Å². The van der Waals surface area contributed by atoms with Gasteiger partial charge in [0.25, 0.3) is 0 Å². The summed E-state index contributed by atoms with van der Waals surface area (Å²) in [6, 6.07) is 9.80. The van der Waals surface area contributed by atoms with Crippen molar-refractivity contribution in [2.24, 2.45) is 0 Å². The maximum absolute atomic E-state index is 13.3. The molecule has 0 aromatic heterocycles. The second-order valence-corrected chi connectivity index (χ2v) is 8.70. The number of quaternary nitrogens is 1. The fraction of sp³-hybridized carbons (Fsp3) is 0.632. The Bertz CT molecular complexity index is 562. The highest BCUT2D eigenvalue weighted by atomic mass is 32.2. The molecule has 1 saturated heterocycles. The van der Waals surface area contributed by atoms with Crippen LogP contribution in [-0.2, 0) is 11.3 Å². The molecular weight excluding hydrogens is 336 g/mol.